The van der Waals surface area contributed by atoms with Crippen molar-refractivity contribution in [2.45, 2.75) is 37.2 Å². The molecule has 29 heavy (non-hydrogen) atoms. The van der Waals surface area contributed by atoms with E-state index in [1.54, 1.807) is 22.7 Å². The number of aromatic nitrogens is 4. The van der Waals surface area contributed by atoms with E-state index in [1.807, 2.05) is 25.1 Å². The van der Waals surface area contributed by atoms with E-state index >= 15 is 0 Å². The highest BCUT2D eigenvalue weighted by Gasteiger charge is 2.16. The molecule has 3 heterocycles. The van der Waals surface area contributed by atoms with Gasteiger partial charge < -0.3 is 10.1 Å². The monoisotopic (exact) mass is 416 g/mol. The zero-order chi connectivity index (χ0) is 20.3. The van der Waals surface area contributed by atoms with Gasteiger partial charge in [-0.05, 0) is 49.6 Å². The zero-order valence-corrected chi connectivity index (χ0v) is 17.0. The lowest BCUT2D eigenvalue weighted by molar-refractivity contribution is 0.120. The van der Waals surface area contributed by atoms with Gasteiger partial charge in [0.15, 0.2) is 11.5 Å². The summed E-state index contributed by atoms with van der Waals surface area (Å²) in [6, 6.07) is 10.5. The normalized spacial score (nSPS) is 17.1. The van der Waals surface area contributed by atoms with E-state index in [0.717, 1.165) is 25.0 Å². The van der Waals surface area contributed by atoms with E-state index in [0.29, 0.717) is 30.3 Å². The van der Waals surface area contributed by atoms with Crippen LogP contribution in [0, 0.1) is 6.92 Å². The van der Waals surface area contributed by atoms with E-state index in [1.165, 1.54) is 0 Å². The second-order valence-electron chi connectivity index (χ2n) is 7.09. The van der Waals surface area contributed by atoms with Crippen molar-refractivity contribution in [3.8, 4) is 0 Å². The topological polar surface area (TPSA) is 111 Å². The van der Waals surface area contributed by atoms with Crippen LogP contribution in [0.1, 0.15) is 24.2 Å². The van der Waals surface area contributed by atoms with Gasteiger partial charge in [0.25, 0.3) is 0 Å². The molecule has 1 fully saturated rings. The molecule has 1 unspecified atom stereocenters. The highest BCUT2D eigenvalue weighted by Crippen LogP contribution is 2.14. The van der Waals surface area contributed by atoms with Gasteiger partial charge in [-0.1, -0.05) is 12.1 Å². The predicted molar refractivity (Wildman–Crippen MR) is 108 cm³/mol. The molecule has 9 nitrogen and oxygen atoms in total. The standard InChI is InChI=1S/C19H24N6O3S/c1-14-4-2-6-16(12-14)29(26,27)21-10-9-19-23-22-18-8-7-17(24-25(18)19)20-13-15-5-3-11-28-15/h2,4,6-8,12,15,21H,3,5,9-11,13H2,1H3,(H,20,24). The van der Waals surface area contributed by atoms with Crippen LogP contribution in [0.3, 0.4) is 0 Å². The Bertz CT molecular complexity index is 1090. The van der Waals surface area contributed by atoms with Crippen LogP contribution in [0.4, 0.5) is 5.82 Å². The minimum atomic E-state index is -3.57. The van der Waals surface area contributed by atoms with Crippen molar-refractivity contribution < 1.29 is 13.2 Å². The van der Waals surface area contributed by atoms with E-state index in [-0.39, 0.29) is 17.5 Å². The van der Waals surface area contributed by atoms with Crippen LogP contribution in [-0.2, 0) is 21.2 Å². The molecule has 0 aliphatic carbocycles. The molecule has 1 aliphatic rings. The quantitative estimate of drug-likeness (QED) is 0.573. The molecule has 1 atom stereocenters. The number of nitrogens with one attached hydrogen (secondary N) is 2. The smallest absolute Gasteiger partial charge is 0.240 e. The highest BCUT2D eigenvalue weighted by atomic mass is 32.2. The Balaban J connectivity index is 1.40. The van der Waals surface area contributed by atoms with Crippen molar-refractivity contribution in [1.29, 1.82) is 0 Å². The molecular weight excluding hydrogens is 392 g/mol. The van der Waals surface area contributed by atoms with E-state index in [9.17, 15) is 8.42 Å². The third kappa shape index (κ3) is 4.72. The number of rotatable bonds is 8. The maximum absolute atomic E-state index is 12.5. The first-order valence-electron chi connectivity index (χ1n) is 9.64. The Labute approximate surface area is 169 Å². The summed E-state index contributed by atoms with van der Waals surface area (Å²) in [5.41, 5.74) is 1.51. The van der Waals surface area contributed by atoms with Crippen molar-refractivity contribution >= 4 is 21.5 Å². The van der Waals surface area contributed by atoms with Gasteiger partial charge in [-0.3, -0.25) is 0 Å². The Morgan fingerprint density at radius 2 is 2.14 bits per heavy atom. The number of ether oxygens (including phenoxy) is 1. The Kier molecular flexibility index (Phi) is 5.74. The molecule has 1 aliphatic heterocycles. The van der Waals surface area contributed by atoms with Gasteiger partial charge in [0.1, 0.15) is 5.82 Å². The molecule has 2 aromatic heterocycles. The SMILES string of the molecule is Cc1cccc(S(=O)(=O)NCCc2nnc3ccc(NCC4CCCO4)nn23)c1. The van der Waals surface area contributed by atoms with Crippen LogP contribution in [0.2, 0.25) is 0 Å². The molecular formula is C19H24N6O3S. The number of hydrogen-bond acceptors (Lipinski definition) is 7. The summed E-state index contributed by atoms with van der Waals surface area (Å²) in [7, 11) is -3.57. The lowest BCUT2D eigenvalue weighted by Crippen LogP contribution is -2.26. The maximum atomic E-state index is 12.5. The minimum absolute atomic E-state index is 0.201. The largest absolute Gasteiger partial charge is 0.376 e. The Hall–Kier alpha value is -2.56. The summed E-state index contributed by atoms with van der Waals surface area (Å²) in [4.78, 5) is 0.252. The summed E-state index contributed by atoms with van der Waals surface area (Å²) in [6.45, 7) is 3.57. The molecule has 1 aromatic carbocycles. The Morgan fingerprint density at radius 3 is 2.93 bits per heavy atom. The third-order valence-electron chi connectivity index (χ3n) is 4.80. The van der Waals surface area contributed by atoms with Gasteiger partial charge in [0, 0.05) is 26.1 Å². The minimum Gasteiger partial charge on any atom is -0.376 e. The number of hydrogen-bond donors (Lipinski definition) is 2. The molecule has 0 saturated carbocycles. The third-order valence-corrected chi connectivity index (χ3v) is 6.26. The molecule has 0 bridgehead atoms. The molecule has 0 spiro atoms. The first-order valence-corrected chi connectivity index (χ1v) is 11.1. The molecule has 0 amide bonds. The fraction of sp³-hybridized carbons (Fsp3) is 0.421. The average Bonchev–Trinajstić information content (AvgIpc) is 3.36. The number of fused-ring (bicyclic) bond motifs is 1. The van der Waals surface area contributed by atoms with Crippen LogP contribution in [-0.4, -0.2) is 54.0 Å². The summed E-state index contributed by atoms with van der Waals surface area (Å²) < 4.78 is 34.8. The lowest BCUT2D eigenvalue weighted by Gasteiger charge is -2.11. The van der Waals surface area contributed by atoms with Crippen LogP contribution in [0.15, 0.2) is 41.3 Å². The number of sulfonamides is 1. The van der Waals surface area contributed by atoms with Gasteiger partial charge in [-0.2, -0.15) is 4.52 Å². The lowest BCUT2D eigenvalue weighted by atomic mass is 10.2. The average molecular weight is 417 g/mol. The molecule has 154 valence electrons. The van der Waals surface area contributed by atoms with Gasteiger partial charge in [0.2, 0.25) is 10.0 Å². The second-order valence-corrected chi connectivity index (χ2v) is 8.85. The van der Waals surface area contributed by atoms with Crippen molar-refractivity contribution in [2.24, 2.45) is 0 Å². The predicted octanol–water partition coefficient (Wildman–Crippen LogP) is 1.54. The van der Waals surface area contributed by atoms with Gasteiger partial charge in [-0.15, -0.1) is 15.3 Å². The van der Waals surface area contributed by atoms with Gasteiger partial charge in [0.05, 0.1) is 11.0 Å². The summed E-state index contributed by atoms with van der Waals surface area (Å²) >= 11 is 0. The van der Waals surface area contributed by atoms with Crippen molar-refractivity contribution in [3.05, 3.63) is 47.8 Å². The van der Waals surface area contributed by atoms with Crippen molar-refractivity contribution in [2.75, 3.05) is 25.0 Å². The number of anilines is 1. The summed E-state index contributed by atoms with van der Waals surface area (Å²) in [5, 5.41) is 16.1. The number of aryl methyl sites for hydroxylation is 1. The van der Waals surface area contributed by atoms with Crippen molar-refractivity contribution in [3.63, 3.8) is 0 Å². The number of nitrogens with zero attached hydrogens (tertiary/aromatic N) is 4. The fourth-order valence-corrected chi connectivity index (χ4v) is 4.41. The highest BCUT2D eigenvalue weighted by molar-refractivity contribution is 7.89. The Morgan fingerprint density at radius 1 is 1.24 bits per heavy atom. The van der Waals surface area contributed by atoms with Crippen LogP contribution < -0.4 is 10.0 Å². The summed E-state index contributed by atoms with van der Waals surface area (Å²) in [5.74, 6) is 1.29. The molecule has 3 aromatic rings. The second kappa shape index (κ2) is 8.44. The molecule has 1 saturated heterocycles. The maximum Gasteiger partial charge on any atom is 0.240 e. The van der Waals surface area contributed by atoms with Crippen molar-refractivity contribution in [1.82, 2.24) is 24.5 Å². The molecule has 10 heteroatoms. The van der Waals surface area contributed by atoms with E-state index in [2.05, 4.69) is 25.3 Å². The molecule has 0 radical (unpaired) electrons. The first-order chi connectivity index (χ1) is 14.0. The van der Waals surface area contributed by atoms with Crippen LogP contribution in [0.25, 0.3) is 5.65 Å². The first kappa shape index (κ1) is 19.7. The van der Waals surface area contributed by atoms with E-state index in [4.69, 9.17) is 4.74 Å². The molecule has 2 N–H and O–H groups in total. The number of benzene rings is 1. The molecule has 4 rings (SSSR count). The van der Waals surface area contributed by atoms with Crippen LogP contribution >= 0.6 is 0 Å². The zero-order valence-electron chi connectivity index (χ0n) is 16.2. The van der Waals surface area contributed by atoms with E-state index < -0.39 is 10.0 Å². The summed E-state index contributed by atoms with van der Waals surface area (Å²) in [6.07, 6.45) is 2.72. The van der Waals surface area contributed by atoms with Crippen LogP contribution in [0.5, 0.6) is 0 Å². The van der Waals surface area contributed by atoms with Gasteiger partial charge in [-0.25, -0.2) is 13.1 Å². The fourth-order valence-electron chi connectivity index (χ4n) is 3.27. The van der Waals surface area contributed by atoms with Gasteiger partial charge >= 0.3 is 0 Å².